The second kappa shape index (κ2) is 5.45. The van der Waals surface area contributed by atoms with Gasteiger partial charge in [0.25, 0.3) is 0 Å². The van der Waals surface area contributed by atoms with E-state index in [1.807, 2.05) is 30.3 Å². The third-order valence-corrected chi connectivity index (χ3v) is 4.59. The number of fused-ring (bicyclic) bond motifs is 1. The Kier molecular flexibility index (Phi) is 3.64. The number of nitrogens with zero attached hydrogens (tertiary/aromatic N) is 1. The van der Waals surface area contributed by atoms with Crippen molar-refractivity contribution in [1.29, 1.82) is 0 Å². The molecule has 1 aliphatic rings. The van der Waals surface area contributed by atoms with Gasteiger partial charge in [-0.1, -0.05) is 32.0 Å². The number of hydrogen-bond acceptors (Lipinski definition) is 3. The maximum atomic E-state index is 12.7. The molecule has 110 valence electrons. The average molecular weight is 283 g/mol. The Balaban J connectivity index is 1.85. The van der Waals surface area contributed by atoms with Crippen molar-refractivity contribution in [1.82, 2.24) is 10.3 Å². The Hall–Kier alpha value is -1.94. The van der Waals surface area contributed by atoms with E-state index in [2.05, 4.69) is 29.5 Å². The van der Waals surface area contributed by atoms with Crippen LogP contribution in [0.2, 0.25) is 0 Å². The number of amides is 1. The molecule has 2 heterocycles. The molecular weight excluding hydrogens is 262 g/mol. The number of hydrogen-bond donors (Lipinski definition) is 2. The zero-order chi connectivity index (χ0) is 14.9. The molecule has 3 rings (SSSR count). The summed E-state index contributed by atoms with van der Waals surface area (Å²) in [5.41, 5.74) is 1.40. The molecule has 1 atom stereocenters. The normalized spacial score (nSPS) is 21.9. The van der Waals surface area contributed by atoms with E-state index in [4.69, 9.17) is 0 Å². The maximum absolute atomic E-state index is 12.7. The average Bonchev–Trinajstić information content (AvgIpc) is 2.98. The standard InChI is InChI=1S/C17H21N3O/c1-12(2)17(7-8-18-11-17)16(21)20-14-9-13-5-3-4-6-15(13)19-10-14/h3-6,9-10,12,18H,7-8,11H2,1-2H3,(H,20,21). The number of aromatic nitrogens is 1. The molecule has 0 saturated carbocycles. The van der Waals surface area contributed by atoms with Gasteiger partial charge in [0.15, 0.2) is 0 Å². The van der Waals surface area contributed by atoms with Crippen molar-refractivity contribution in [3.05, 3.63) is 36.5 Å². The number of anilines is 1. The lowest BCUT2D eigenvalue weighted by Gasteiger charge is -2.31. The SMILES string of the molecule is CC(C)C1(C(=O)Nc2cnc3ccccc3c2)CCNC1. The van der Waals surface area contributed by atoms with E-state index in [9.17, 15) is 4.79 Å². The molecule has 1 fully saturated rings. The predicted molar refractivity (Wildman–Crippen MR) is 85.1 cm³/mol. The van der Waals surface area contributed by atoms with Crippen LogP contribution < -0.4 is 10.6 Å². The molecule has 1 aliphatic heterocycles. The summed E-state index contributed by atoms with van der Waals surface area (Å²) in [6.07, 6.45) is 2.62. The monoisotopic (exact) mass is 283 g/mol. The van der Waals surface area contributed by atoms with E-state index < -0.39 is 0 Å². The Morgan fingerprint density at radius 2 is 2.19 bits per heavy atom. The van der Waals surface area contributed by atoms with Crippen molar-refractivity contribution in [2.75, 3.05) is 18.4 Å². The first kappa shape index (κ1) is 14.0. The number of benzene rings is 1. The molecule has 0 radical (unpaired) electrons. The topological polar surface area (TPSA) is 54.0 Å². The van der Waals surface area contributed by atoms with Crippen molar-refractivity contribution in [3.63, 3.8) is 0 Å². The zero-order valence-corrected chi connectivity index (χ0v) is 12.5. The highest BCUT2D eigenvalue weighted by atomic mass is 16.2. The number of rotatable bonds is 3. The first-order valence-corrected chi connectivity index (χ1v) is 7.49. The van der Waals surface area contributed by atoms with E-state index in [0.29, 0.717) is 5.92 Å². The van der Waals surface area contributed by atoms with Gasteiger partial charge in [-0.05, 0) is 31.0 Å². The van der Waals surface area contributed by atoms with E-state index >= 15 is 0 Å². The van der Waals surface area contributed by atoms with Crippen LogP contribution in [0.4, 0.5) is 5.69 Å². The summed E-state index contributed by atoms with van der Waals surface area (Å²) >= 11 is 0. The fraction of sp³-hybridized carbons (Fsp3) is 0.412. The van der Waals surface area contributed by atoms with Crippen LogP contribution in [0.25, 0.3) is 10.9 Å². The van der Waals surface area contributed by atoms with Crippen LogP contribution >= 0.6 is 0 Å². The molecule has 4 nitrogen and oxygen atoms in total. The molecule has 0 bridgehead atoms. The molecule has 21 heavy (non-hydrogen) atoms. The van der Waals surface area contributed by atoms with Crippen LogP contribution in [0, 0.1) is 11.3 Å². The molecular formula is C17H21N3O. The van der Waals surface area contributed by atoms with Gasteiger partial charge >= 0.3 is 0 Å². The van der Waals surface area contributed by atoms with Crippen LogP contribution in [0.1, 0.15) is 20.3 Å². The van der Waals surface area contributed by atoms with Crippen LogP contribution in [-0.2, 0) is 4.79 Å². The van der Waals surface area contributed by atoms with Gasteiger partial charge in [0.1, 0.15) is 0 Å². The fourth-order valence-electron chi connectivity index (χ4n) is 3.06. The molecule has 0 aliphatic carbocycles. The summed E-state index contributed by atoms with van der Waals surface area (Å²) in [5, 5.41) is 7.41. The second-order valence-electron chi connectivity index (χ2n) is 6.11. The van der Waals surface area contributed by atoms with Crippen molar-refractivity contribution >= 4 is 22.5 Å². The minimum Gasteiger partial charge on any atom is -0.324 e. The van der Waals surface area contributed by atoms with Gasteiger partial charge in [-0.15, -0.1) is 0 Å². The van der Waals surface area contributed by atoms with Crippen molar-refractivity contribution < 1.29 is 4.79 Å². The largest absolute Gasteiger partial charge is 0.324 e. The Morgan fingerprint density at radius 1 is 1.38 bits per heavy atom. The summed E-state index contributed by atoms with van der Waals surface area (Å²) in [5.74, 6) is 0.403. The van der Waals surface area contributed by atoms with Crippen molar-refractivity contribution in [2.24, 2.45) is 11.3 Å². The number of nitrogens with one attached hydrogen (secondary N) is 2. The maximum Gasteiger partial charge on any atom is 0.232 e. The molecule has 4 heteroatoms. The lowest BCUT2D eigenvalue weighted by atomic mass is 9.75. The summed E-state index contributed by atoms with van der Waals surface area (Å²) in [6.45, 7) is 5.88. The number of para-hydroxylation sites is 1. The molecule has 1 aromatic carbocycles. The Morgan fingerprint density at radius 3 is 2.90 bits per heavy atom. The minimum atomic E-state index is -0.314. The van der Waals surface area contributed by atoms with Crippen molar-refractivity contribution in [3.8, 4) is 0 Å². The van der Waals surface area contributed by atoms with Gasteiger partial charge < -0.3 is 10.6 Å². The highest BCUT2D eigenvalue weighted by Gasteiger charge is 2.43. The van der Waals surface area contributed by atoms with Gasteiger partial charge in [0.2, 0.25) is 5.91 Å². The number of carbonyl (C=O) groups is 1. The number of carbonyl (C=O) groups excluding carboxylic acids is 1. The molecule has 1 amide bonds. The van der Waals surface area contributed by atoms with Gasteiger partial charge in [-0.25, -0.2) is 0 Å². The van der Waals surface area contributed by atoms with Gasteiger partial charge in [-0.2, -0.15) is 0 Å². The molecule has 1 unspecified atom stereocenters. The van der Waals surface area contributed by atoms with Gasteiger partial charge in [-0.3, -0.25) is 9.78 Å². The van der Waals surface area contributed by atoms with E-state index in [0.717, 1.165) is 36.1 Å². The lowest BCUT2D eigenvalue weighted by Crippen LogP contribution is -2.42. The Labute approximate surface area is 125 Å². The highest BCUT2D eigenvalue weighted by molar-refractivity contribution is 5.97. The molecule has 0 spiro atoms. The van der Waals surface area contributed by atoms with Crippen molar-refractivity contribution in [2.45, 2.75) is 20.3 Å². The van der Waals surface area contributed by atoms with Crippen LogP contribution in [0.3, 0.4) is 0 Å². The molecule has 1 saturated heterocycles. The first-order chi connectivity index (χ1) is 10.1. The second-order valence-corrected chi connectivity index (χ2v) is 6.11. The smallest absolute Gasteiger partial charge is 0.232 e. The van der Waals surface area contributed by atoms with Gasteiger partial charge in [0.05, 0.1) is 22.8 Å². The van der Waals surface area contributed by atoms with Crippen LogP contribution in [0.5, 0.6) is 0 Å². The van der Waals surface area contributed by atoms with Gasteiger partial charge in [0, 0.05) is 11.9 Å². The number of pyridine rings is 1. The summed E-state index contributed by atoms with van der Waals surface area (Å²) < 4.78 is 0. The first-order valence-electron chi connectivity index (χ1n) is 7.49. The molecule has 2 aromatic rings. The summed E-state index contributed by atoms with van der Waals surface area (Å²) in [7, 11) is 0. The highest BCUT2D eigenvalue weighted by Crippen LogP contribution is 2.35. The van der Waals surface area contributed by atoms with Crippen LogP contribution in [0.15, 0.2) is 36.5 Å². The third-order valence-electron chi connectivity index (χ3n) is 4.59. The zero-order valence-electron chi connectivity index (χ0n) is 12.5. The lowest BCUT2D eigenvalue weighted by molar-refractivity contribution is -0.126. The quantitative estimate of drug-likeness (QED) is 0.910. The molecule has 1 aromatic heterocycles. The minimum absolute atomic E-state index is 0.0968. The van der Waals surface area contributed by atoms with Crippen LogP contribution in [-0.4, -0.2) is 24.0 Å². The fourth-order valence-corrected chi connectivity index (χ4v) is 3.06. The van der Waals surface area contributed by atoms with E-state index in [1.165, 1.54) is 0 Å². The predicted octanol–water partition coefficient (Wildman–Crippen LogP) is 2.81. The summed E-state index contributed by atoms with van der Waals surface area (Å²) in [4.78, 5) is 17.1. The molecule has 2 N–H and O–H groups in total. The third kappa shape index (κ3) is 2.51. The Bertz CT molecular complexity index is 660. The van der Waals surface area contributed by atoms with E-state index in [1.54, 1.807) is 6.20 Å². The summed E-state index contributed by atoms with van der Waals surface area (Å²) in [6, 6.07) is 9.90. The van der Waals surface area contributed by atoms with E-state index in [-0.39, 0.29) is 11.3 Å².